The standard InChI is InChI=1S/C27H24N8O/c1-17-9-18(5-7-20(17)34-15-32-25-22(34)11-28-13-30-25)27(2,3)19-6-8-21(24(10-19)36-4)35-16-33-26-23(35)12-29-14-31-26/h5-16H,1-4H3. The van der Waals surface area contributed by atoms with Gasteiger partial charge in [-0.05, 0) is 41.8 Å². The summed E-state index contributed by atoms with van der Waals surface area (Å²) in [6.07, 6.45) is 10.1. The number of rotatable bonds is 5. The van der Waals surface area contributed by atoms with Gasteiger partial charge in [-0.3, -0.25) is 9.13 Å². The molecule has 6 rings (SSSR count). The third-order valence-electron chi connectivity index (χ3n) is 6.79. The van der Waals surface area contributed by atoms with E-state index < -0.39 is 0 Å². The Morgan fingerprint density at radius 1 is 0.722 bits per heavy atom. The average molecular weight is 477 g/mol. The van der Waals surface area contributed by atoms with Crippen LogP contribution >= 0.6 is 0 Å². The molecule has 9 nitrogen and oxygen atoms in total. The summed E-state index contributed by atoms with van der Waals surface area (Å²) in [5.74, 6) is 0.752. The molecule has 0 N–H and O–H groups in total. The second kappa shape index (κ2) is 8.23. The van der Waals surface area contributed by atoms with E-state index in [0.717, 1.165) is 39.3 Å². The maximum absolute atomic E-state index is 5.81. The van der Waals surface area contributed by atoms with E-state index in [9.17, 15) is 0 Å². The Kier molecular flexibility index (Phi) is 4.99. The molecule has 0 atom stereocenters. The van der Waals surface area contributed by atoms with E-state index in [-0.39, 0.29) is 5.41 Å². The fraction of sp³-hybridized carbons (Fsp3) is 0.185. The van der Waals surface area contributed by atoms with Gasteiger partial charge in [0.1, 0.15) is 42.1 Å². The third kappa shape index (κ3) is 3.39. The molecule has 4 aromatic heterocycles. The molecule has 0 aliphatic carbocycles. The number of aromatic nitrogens is 8. The van der Waals surface area contributed by atoms with Crippen molar-refractivity contribution >= 4 is 22.3 Å². The van der Waals surface area contributed by atoms with E-state index in [1.807, 2.05) is 9.13 Å². The second-order valence-electron chi connectivity index (χ2n) is 9.21. The summed E-state index contributed by atoms with van der Waals surface area (Å²) < 4.78 is 9.78. The number of hydrogen-bond acceptors (Lipinski definition) is 7. The molecule has 0 amide bonds. The van der Waals surface area contributed by atoms with Gasteiger partial charge in [0, 0.05) is 5.41 Å². The number of benzene rings is 2. The van der Waals surface area contributed by atoms with Crippen LogP contribution in [0.5, 0.6) is 5.75 Å². The molecule has 0 fully saturated rings. The zero-order chi connectivity index (χ0) is 24.9. The molecule has 0 saturated heterocycles. The van der Waals surface area contributed by atoms with Crippen LogP contribution < -0.4 is 4.74 Å². The quantitative estimate of drug-likeness (QED) is 0.359. The van der Waals surface area contributed by atoms with Gasteiger partial charge in [-0.15, -0.1) is 0 Å². The van der Waals surface area contributed by atoms with Crippen LogP contribution in [-0.4, -0.2) is 46.1 Å². The first-order valence-corrected chi connectivity index (χ1v) is 11.5. The van der Waals surface area contributed by atoms with Crippen molar-refractivity contribution in [3.63, 3.8) is 0 Å². The monoisotopic (exact) mass is 476 g/mol. The number of hydrogen-bond donors (Lipinski definition) is 0. The summed E-state index contributed by atoms with van der Waals surface area (Å²) in [6, 6.07) is 12.8. The summed E-state index contributed by atoms with van der Waals surface area (Å²) >= 11 is 0. The van der Waals surface area contributed by atoms with Crippen LogP contribution in [0.15, 0.2) is 74.1 Å². The number of aryl methyl sites for hydroxylation is 1. The molecule has 0 unspecified atom stereocenters. The Morgan fingerprint density at radius 2 is 1.28 bits per heavy atom. The Balaban J connectivity index is 1.39. The van der Waals surface area contributed by atoms with Crippen molar-refractivity contribution in [2.75, 3.05) is 7.11 Å². The smallest absolute Gasteiger partial charge is 0.181 e. The highest BCUT2D eigenvalue weighted by Crippen LogP contribution is 2.37. The van der Waals surface area contributed by atoms with Gasteiger partial charge in [-0.25, -0.2) is 29.9 Å². The summed E-state index contributed by atoms with van der Waals surface area (Å²) in [5.41, 5.74) is 8.16. The number of fused-ring (bicyclic) bond motifs is 2. The van der Waals surface area contributed by atoms with Gasteiger partial charge >= 0.3 is 0 Å². The molecule has 0 spiro atoms. The van der Waals surface area contributed by atoms with Crippen molar-refractivity contribution in [2.45, 2.75) is 26.2 Å². The van der Waals surface area contributed by atoms with Crippen LogP contribution in [-0.2, 0) is 5.41 Å². The molecule has 0 saturated carbocycles. The zero-order valence-electron chi connectivity index (χ0n) is 20.4. The fourth-order valence-electron chi connectivity index (χ4n) is 4.65. The Bertz CT molecular complexity index is 1730. The lowest BCUT2D eigenvalue weighted by atomic mass is 9.77. The van der Waals surface area contributed by atoms with E-state index in [1.54, 1.807) is 32.2 Å². The second-order valence-corrected chi connectivity index (χ2v) is 9.21. The lowest BCUT2D eigenvalue weighted by Gasteiger charge is -2.28. The molecule has 36 heavy (non-hydrogen) atoms. The van der Waals surface area contributed by atoms with Crippen molar-refractivity contribution in [1.82, 2.24) is 39.0 Å². The average Bonchev–Trinajstić information content (AvgIpc) is 3.53. The summed E-state index contributed by atoms with van der Waals surface area (Å²) in [4.78, 5) is 25.6. The highest BCUT2D eigenvalue weighted by molar-refractivity contribution is 5.74. The van der Waals surface area contributed by atoms with E-state index in [1.165, 1.54) is 18.2 Å². The van der Waals surface area contributed by atoms with Crippen molar-refractivity contribution in [2.24, 2.45) is 0 Å². The minimum Gasteiger partial charge on any atom is -0.495 e. The number of nitrogens with zero attached hydrogens (tertiary/aromatic N) is 8. The first-order chi connectivity index (χ1) is 17.5. The van der Waals surface area contributed by atoms with Crippen LogP contribution in [0.3, 0.4) is 0 Å². The first-order valence-electron chi connectivity index (χ1n) is 11.5. The van der Waals surface area contributed by atoms with Crippen molar-refractivity contribution in [1.29, 1.82) is 0 Å². The predicted molar refractivity (Wildman–Crippen MR) is 137 cm³/mol. The molecule has 0 bridgehead atoms. The number of imidazole rings is 2. The van der Waals surface area contributed by atoms with E-state index in [4.69, 9.17) is 4.74 Å². The normalized spacial score (nSPS) is 11.9. The fourth-order valence-corrected chi connectivity index (χ4v) is 4.65. The van der Waals surface area contributed by atoms with Gasteiger partial charge in [-0.1, -0.05) is 32.0 Å². The summed E-state index contributed by atoms with van der Waals surface area (Å²) in [5, 5.41) is 0. The highest BCUT2D eigenvalue weighted by atomic mass is 16.5. The van der Waals surface area contributed by atoms with E-state index >= 15 is 0 Å². The van der Waals surface area contributed by atoms with Crippen molar-refractivity contribution in [3.8, 4) is 17.1 Å². The Morgan fingerprint density at radius 3 is 1.86 bits per heavy atom. The third-order valence-corrected chi connectivity index (χ3v) is 6.79. The molecule has 178 valence electrons. The largest absolute Gasteiger partial charge is 0.495 e. The lowest BCUT2D eigenvalue weighted by molar-refractivity contribution is 0.411. The van der Waals surface area contributed by atoms with Crippen LogP contribution in [0.4, 0.5) is 0 Å². The van der Waals surface area contributed by atoms with Gasteiger partial charge in [0.15, 0.2) is 11.3 Å². The minimum atomic E-state index is -0.269. The van der Waals surface area contributed by atoms with Gasteiger partial charge in [0.2, 0.25) is 0 Å². The molecule has 0 aliphatic heterocycles. The Hall–Kier alpha value is -4.66. The lowest BCUT2D eigenvalue weighted by Crippen LogP contribution is -2.19. The minimum absolute atomic E-state index is 0.269. The predicted octanol–water partition coefficient (Wildman–Crippen LogP) is 4.59. The van der Waals surface area contributed by atoms with Crippen molar-refractivity contribution in [3.05, 3.63) is 90.8 Å². The maximum atomic E-state index is 5.81. The summed E-state index contributed by atoms with van der Waals surface area (Å²) in [6.45, 7) is 6.55. The molecule has 0 aliphatic rings. The van der Waals surface area contributed by atoms with Crippen LogP contribution in [0.2, 0.25) is 0 Å². The highest BCUT2D eigenvalue weighted by Gasteiger charge is 2.26. The van der Waals surface area contributed by atoms with Gasteiger partial charge < -0.3 is 4.74 Å². The Labute approximate surface area is 207 Å². The van der Waals surface area contributed by atoms with Crippen LogP contribution in [0, 0.1) is 6.92 Å². The molecule has 9 heteroatoms. The van der Waals surface area contributed by atoms with E-state index in [0.29, 0.717) is 11.3 Å². The number of ether oxygens (including phenoxy) is 1. The van der Waals surface area contributed by atoms with Crippen LogP contribution in [0.1, 0.15) is 30.5 Å². The topological polar surface area (TPSA) is 96.4 Å². The van der Waals surface area contributed by atoms with Gasteiger partial charge in [0.05, 0.1) is 30.9 Å². The first kappa shape index (κ1) is 21.8. The maximum Gasteiger partial charge on any atom is 0.181 e. The molecular weight excluding hydrogens is 452 g/mol. The van der Waals surface area contributed by atoms with E-state index in [2.05, 4.69) is 87.1 Å². The molecule has 0 radical (unpaired) electrons. The zero-order valence-corrected chi connectivity index (χ0v) is 20.4. The summed E-state index contributed by atoms with van der Waals surface area (Å²) in [7, 11) is 1.68. The van der Waals surface area contributed by atoms with Gasteiger partial charge in [-0.2, -0.15) is 0 Å². The molecule has 2 aromatic carbocycles. The molecule has 6 aromatic rings. The van der Waals surface area contributed by atoms with Gasteiger partial charge in [0.25, 0.3) is 0 Å². The molecular formula is C27H24N8O. The van der Waals surface area contributed by atoms with Crippen molar-refractivity contribution < 1.29 is 4.74 Å². The SMILES string of the molecule is COc1cc(C(C)(C)c2ccc(-n3cnc4ncncc43)c(C)c2)ccc1-n1cnc2ncncc21. The molecule has 4 heterocycles. The number of methoxy groups -OCH3 is 1. The van der Waals surface area contributed by atoms with Crippen LogP contribution in [0.25, 0.3) is 33.7 Å².